The normalized spacial score (nSPS) is 12.2. The molecule has 0 aliphatic carbocycles. The molecule has 0 aliphatic heterocycles. The summed E-state index contributed by atoms with van der Waals surface area (Å²) in [7, 11) is 0. The number of carbonyl (C=O) groups excluding carboxylic acids is 2. The third-order valence-corrected chi connectivity index (χ3v) is 6.47. The molecule has 0 spiro atoms. The summed E-state index contributed by atoms with van der Waals surface area (Å²) in [5, 5.41) is 11.7. The highest BCUT2D eigenvalue weighted by atomic mass is 19.1. The Balaban J connectivity index is 1.51. The number of carboxylic acid groups (broad SMARTS) is 1. The Morgan fingerprint density at radius 1 is 0.911 bits per heavy atom. The first kappa shape index (κ1) is 32.3. The van der Waals surface area contributed by atoms with Crippen LogP contribution in [0.2, 0.25) is 0 Å². The highest BCUT2D eigenvalue weighted by Crippen LogP contribution is 2.28. The van der Waals surface area contributed by atoms with Crippen LogP contribution in [0.1, 0.15) is 34.8 Å². The van der Waals surface area contributed by atoms with Gasteiger partial charge in [0.2, 0.25) is 0 Å². The van der Waals surface area contributed by atoms with Gasteiger partial charge in [0.15, 0.2) is 17.4 Å². The van der Waals surface area contributed by atoms with Gasteiger partial charge in [-0.1, -0.05) is 30.3 Å². The molecule has 14 heteroatoms. The summed E-state index contributed by atoms with van der Waals surface area (Å²) in [6.45, 7) is 1.28. The van der Waals surface area contributed by atoms with Gasteiger partial charge in [-0.15, -0.1) is 0 Å². The number of ether oxygens (including phenoxy) is 2. The average molecular weight is 628 g/mol. The van der Waals surface area contributed by atoms with Crippen LogP contribution in [-0.4, -0.2) is 39.7 Å². The second-order valence-corrected chi connectivity index (χ2v) is 9.76. The Morgan fingerprint density at radius 2 is 1.56 bits per heavy atom. The van der Waals surface area contributed by atoms with Gasteiger partial charge < -0.3 is 25.6 Å². The van der Waals surface area contributed by atoms with Crippen molar-refractivity contribution in [2.45, 2.75) is 32.1 Å². The highest BCUT2D eigenvalue weighted by molar-refractivity contribution is 6.11. The molecule has 0 radical (unpaired) electrons. The first-order valence-electron chi connectivity index (χ1n) is 13.2. The molecule has 4 aromatic rings. The van der Waals surface area contributed by atoms with Crippen LogP contribution in [0.25, 0.3) is 5.69 Å². The van der Waals surface area contributed by atoms with Crippen molar-refractivity contribution in [3.8, 4) is 11.4 Å². The van der Waals surface area contributed by atoms with Crippen LogP contribution in [0.4, 0.5) is 28.2 Å². The fraction of sp³-hybridized carbons (Fsp3) is 0.161. The Morgan fingerprint density at radius 3 is 2.18 bits per heavy atom. The summed E-state index contributed by atoms with van der Waals surface area (Å²) in [5.74, 6) is -8.45. The molecule has 0 saturated heterocycles. The molecule has 1 aromatic heterocycles. The molecule has 234 valence electrons. The minimum Gasteiger partial charge on any atom is -0.490 e. The van der Waals surface area contributed by atoms with Crippen LogP contribution in [0.5, 0.6) is 5.75 Å². The zero-order chi connectivity index (χ0) is 32.8. The molecule has 45 heavy (non-hydrogen) atoms. The smallest absolute Gasteiger partial charge is 0.408 e. The number of anilines is 1. The van der Waals surface area contributed by atoms with Gasteiger partial charge in [0.1, 0.15) is 41.5 Å². The molecule has 4 rings (SSSR count). The molecule has 10 nitrogen and oxygen atoms in total. The summed E-state index contributed by atoms with van der Waals surface area (Å²) in [6, 6.07) is 12.4. The summed E-state index contributed by atoms with van der Waals surface area (Å²) in [6.07, 6.45) is -2.35. The lowest BCUT2D eigenvalue weighted by atomic mass is 10.0. The van der Waals surface area contributed by atoms with Gasteiger partial charge in [-0.3, -0.25) is 14.2 Å². The minimum absolute atomic E-state index is 0.107. The molecule has 0 bridgehead atoms. The number of hydrogen-bond donors (Lipinski definition) is 3. The van der Waals surface area contributed by atoms with Gasteiger partial charge >= 0.3 is 12.1 Å². The maximum Gasteiger partial charge on any atom is 0.408 e. The van der Waals surface area contributed by atoms with Gasteiger partial charge in [-0.25, -0.2) is 27.2 Å². The summed E-state index contributed by atoms with van der Waals surface area (Å²) in [4.78, 5) is 49.4. The first-order valence-corrected chi connectivity index (χ1v) is 13.2. The lowest BCUT2D eigenvalue weighted by Crippen LogP contribution is -2.43. The fourth-order valence-electron chi connectivity index (χ4n) is 4.36. The predicted octanol–water partition coefficient (Wildman–Crippen LogP) is 4.74. The lowest BCUT2D eigenvalue weighted by molar-refractivity contribution is -0.140. The number of aromatic nitrogens is 1. The van der Waals surface area contributed by atoms with E-state index in [4.69, 9.17) is 15.2 Å². The predicted molar refractivity (Wildman–Crippen MR) is 152 cm³/mol. The SMILES string of the molecule is C[C@@H](CC(NC(=O)OCc1ccccc1)C(=O)O)Oc1cc(F)c(-n2c(N)c(C(=O)c3ccc(F)cc3F)ccc2=O)c(F)c1. The van der Waals surface area contributed by atoms with Gasteiger partial charge in [0.25, 0.3) is 5.56 Å². The fourth-order valence-corrected chi connectivity index (χ4v) is 4.36. The van der Waals surface area contributed by atoms with E-state index in [2.05, 4.69) is 5.32 Å². The van der Waals surface area contributed by atoms with Crippen molar-refractivity contribution in [1.82, 2.24) is 9.88 Å². The second-order valence-electron chi connectivity index (χ2n) is 9.76. The van der Waals surface area contributed by atoms with Crippen LogP contribution in [0.3, 0.4) is 0 Å². The van der Waals surface area contributed by atoms with Gasteiger partial charge in [-0.2, -0.15) is 0 Å². The molecule has 0 fully saturated rings. The number of nitrogens with zero attached hydrogens (tertiary/aromatic N) is 1. The number of amides is 1. The summed E-state index contributed by atoms with van der Waals surface area (Å²) in [5.41, 5.74) is 3.54. The molecular formula is C31H25F4N3O7. The van der Waals surface area contributed by atoms with Crippen molar-refractivity contribution < 1.29 is 46.5 Å². The molecule has 1 unspecified atom stereocenters. The molecule has 0 aliphatic rings. The van der Waals surface area contributed by atoms with E-state index in [1.54, 1.807) is 30.3 Å². The number of rotatable bonds is 11. The number of aliphatic carboxylic acids is 1. The molecule has 1 amide bonds. The standard InChI is InChI=1S/C31H25F4N3O7/c1-16(11-25(30(41)42)37-31(43)44-15-17-5-3-2-4-6-17)45-19-13-23(34)27(24(35)14-19)38-26(39)10-9-21(29(38)36)28(40)20-8-7-18(32)12-22(20)33/h2-10,12-14,16,25H,11,15,36H2,1H3,(H,37,43)(H,41,42)/t16-,25?/m0/s1. The van der Waals surface area contributed by atoms with Gasteiger partial charge in [-0.05, 0) is 30.7 Å². The van der Waals surface area contributed by atoms with Crippen LogP contribution in [-0.2, 0) is 16.1 Å². The molecule has 2 atom stereocenters. The summed E-state index contributed by atoms with van der Waals surface area (Å²) < 4.78 is 68.9. The maximum absolute atomic E-state index is 15.3. The molecule has 4 N–H and O–H groups in total. The van der Waals surface area contributed by atoms with E-state index in [1.807, 2.05) is 0 Å². The number of carbonyl (C=O) groups is 3. The van der Waals surface area contributed by atoms with Crippen molar-refractivity contribution in [3.63, 3.8) is 0 Å². The van der Waals surface area contributed by atoms with Gasteiger partial charge in [0.05, 0.1) is 17.2 Å². The number of ketones is 1. The number of alkyl carbamates (subject to hydrolysis) is 1. The third-order valence-electron chi connectivity index (χ3n) is 6.47. The molecule has 1 heterocycles. The lowest BCUT2D eigenvalue weighted by Gasteiger charge is -2.21. The number of benzene rings is 3. The average Bonchev–Trinajstić information content (AvgIpc) is 2.97. The molecule has 3 aromatic carbocycles. The van der Waals surface area contributed by atoms with Crippen LogP contribution >= 0.6 is 0 Å². The Labute approximate surface area is 252 Å². The van der Waals surface area contributed by atoms with E-state index in [0.29, 0.717) is 28.3 Å². The van der Waals surface area contributed by atoms with Crippen LogP contribution in [0.15, 0.2) is 77.6 Å². The molecular weight excluding hydrogens is 602 g/mol. The number of pyridine rings is 1. The highest BCUT2D eigenvalue weighted by Gasteiger charge is 2.26. The maximum atomic E-state index is 15.3. The number of carboxylic acids is 1. The Bertz CT molecular complexity index is 1790. The van der Waals surface area contributed by atoms with Crippen molar-refractivity contribution in [2.75, 3.05) is 5.73 Å². The van der Waals surface area contributed by atoms with E-state index in [-0.39, 0.29) is 13.0 Å². The third kappa shape index (κ3) is 7.65. The summed E-state index contributed by atoms with van der Waals surface area (Å²) >= 11 is 0. The Hall–Kier alpha value is -5.66. The zero-order valence-electron chi connectivity index (χ0n) is 23.4. The van der Waals surface area contributed by atoms with E-state index in [9.17, 15) is 33.1 Å². The van der Waals surface area contributed by atoms with Gasteiger partial charge in [0, 0.05) is 30.7 Å². The zero-order valence-corrected chi connectivity index (χ0v) is 23.4. The van der Waals surface area contributed by atoms with Crippen LogP contribution < -0.4 is 21.3 Å². The Kier molecular flexibility index (Phi) is 9.86. The number of nitrogens with one attached hydrogen (secondary N) is 1. The number of nitrogens with two attached hydrogens (primary N) is 1. The minimum atomic E-state index is -1.48. The van der Waals surface area contributed by atoms with E-state index in [1.165, 1.54) is 6.92 Å². The quantitative estimate of drug-likeness (QED) is 0.159. The monoisotopic (exact) mass is 627 g/mol. The topological polar surface area (TPSA) is 150 Å². The number of hydrogen-bond acceptors (Lipinski definition) is 7. The largest absolute Gasteiger partial charge is 0.490 e. The van der Waals surface area contributed by atoms with Crippen molar-refractivity contribution >= 4 is 23.7 Å². The number of nitrogen functional groups attached to an aromatic ring is 1. The van der Waals surface area contributed by atoms with Crippen molar-refractivity contribution in [1.29, 1.82) is 0 Å². The van der Waals surface area contributed by atoms with Crippen LogP contribution in [0, 0.1) is 23.3 Å². The molecule has 0 saturated carbocycles. The second kappa shape index (κ2) is 13.8. The van der Waals surface area contributed by atoms with E-state index < -0.39 is 87.2 Å². The van der Waals surface area contributed by atoms with Crippen molar-refractivity contribution in [2.24, 2.45) is 0 Å². The van der Waals surface area contributed by atoms with Crippen molar-refractivity contribution in [3.05, 3.63) is 123 Å². The first-order chi connectivity index (χ1) is 21.3. The number of halogens is 4. The van der Waals surface area contributed by atoms with E-state index in [0.717, 1.165) is 24.3 Å². The van der Waals surface area contributed by atoms with E-state index >= 15 is 8.78 Å².